The Morgan fingerprint density at radius 1 is 1.00 bits per heavy atom. The van der Waals surface area contributed by atoms with Gasteiger partial charge in [0.15, 0.2) is 15.9 Å². The first-order valence-corrected chi connectivity index (χ1v) is 9.88. The van der Waals surface area contributed by atoms with Crippen LogP contribution in [0.25, 0.3) is 0 Å². The van der Waals surface area contributed by atoms with E-state index >= 15 is 0 Å². The molecule has 0 atom stereocenters. The molecule has 0 radical (unpaired) electrons. The minimum absolute atomic E-state index is 0.180. The van der Waals surface area contributed by atoms with Crippen LogP contribution in [0.5, 0.6) is 0 Å². The van der Waals surface area contributed by atoms with E-state index in [1.54, 1.807) is 42.5 Å². The van der Waals surface area contributed by atoms with Gasteiger partial charge in [-0.2, -0.15) is 0 Å². The minimum Gasteiger partial charge on any atom is -0.325 e. The third-order valence-corrected chi connectivity index (χ3v) is 6.02. The van der Waals surface area contributed by atoms with E-state index < -0.39 is 0 Å². The SMILES string of the molecule is Cc1nnc(SCC(=O)Nc2ccc3c(c2)C(=O)c2ccccc2C3=O)s1. The van der Waals surface area contributed by atoms with Crippen molar-refractivity contribution in [3.05, 3.63) is 69.7 Å². The molecule has 0 fully saturated rings. The first-order valence-electron chi connectivity index (χ1n) is 8.08. The summed E-state index contributed by atoms with van der Waals surface area (Å²) in [7, 11) is 0. The molecule has 1 aromatic heterocycles. The average Bonchev–Trinajstić information content (AvgIpc) is 3.10. The third-order valence-electron chi connectivity index (χ3n) is 4.04. The van der Waals surface area contributed by atoms with Crippen molar-refractivity contribution in [2.24, 2.45) is 0 Å². The number of carbonyl (C=O) groups is 3. The Hall–Kier alpha value is -2.84. The van der Waals surface area contributed by atoms with Crippen molar-refractivity contribution in [2.45, 2.75) is 11.3 Å². The van der Waals surface area contributed by atoms with E-state index in [4.69, 9.17) is 0 Å². The fourth-order valence-corrected chi connectivity index (χ4v) is 4.45. The lowest BCUT2D eigenvalue weighted by atomic mass is 9.84. The van der Waals surface area contributed by atoms with Crippen LogP contribution in [0, 0.1) is 6.92 Å². The fraction of sp³-hybridized carbons (Fsp3) is 0.105. The molecule has 1 amide bonds. The lowest BCUT2D eigenvalue weighted by Gasteiger charge is -2.18. The highest BCUT2D eigenvalue weighted by molar-refractivity contribution is 8.01. The summed E-state index contributed by atoms with van der Waals surface area (Å²) in [6.45, 7) is 1.85. The molecule has 0 aliphatic heterocycles. The van der Waals surface area contributed by atoms with Crippen LogP contribution in [0.3, 0.4) is 0 Å². The quantitative estimate of drug-likeness (QED) is 0.533. The first kappa shape index (κ1) is 17.6. The maximum Gasteiger partial charge on any atom is 0.234 e. The molecule has 0 bridgehead atoms. The second-order valence-electron chi connectivity index (χ2n) is 5.89. The molecule has 0 spiro atoms. The van der Waals surface area contributed by atoms with Gasteiger partial charge in [-0.3, -0.25) is 14.4 Å². The van der Waals surface area contributed by atoms with E-state index in [1.807, 2.05) is 6.92 Å². The van der Waals surface area contributed by atoms with E-state index in [-0.39, 0.29) is 23.2 Å². The zero-order valence-corrected chi connectivity index (χ0v) is 15.8. The van der Waals surface area contributed by atoms with Gasteiger partial charge in [-0.15, -0.1) is 10.2 Å². The number of rotatable bonds is 4. The molecular weight excluding hydrogens is 382 g/mol. The molecule has 1 heterocycles. The van der Waals surface area contributed by atoms with Crippen molar-refractivity contribution in [3.8, 4) is 0 Å². The second-order valence-corrected chi connectivity index (χ2v) is 8.29. The smallest absolute Gasteiger partial charge is 0.234 e. The number of ketones is 2. The maximum atomic E-state index is 12.7. The molecular formula is C19H13N3O3S2. The number of aromatic nitrogens is 2. The third kappa shape index (κ3) is 3.41. The Balaban J connectivity index is 1.52. The van der Waals surface area contributed by atoms with Crippen molar-refractivity contribution >= 4 is 46.3 Å². The monoisotopic (exact) mass is 395 g/mol. The summed E-state index contributed by atoms with van der Waals surface area (Å²) in [5, 5.41) is 11.5. The van der Waals surface area contributed by atoms with Gasteiger partial charge in [0, 0.05) is 27.9 Å². The highest BCUT2D eigenvalue weighted by Gasteiger charge is 2.29. The highest BCUT2D eigenvalue weighted by Crippen LogP contribution is 2.29. The van der Waals surface area contributed by atoms with Crippen LogP contribution < -0.4 is 5.32 Å². The maximum absolute atomic E-state index is 12.7. The molecule has 1 aliphatic rings. The van der Waals surface area contributed by atoms with Gasteiger partial charge in [-0.1, -0.05) is 47.4 Å². The molecule has 4 rings (SSSR count). The highest BCUT2D eigenvalue weighted by atomic mass is 32.2. The lowest BCUT2D eigenvalue weighted by Crippen LogP contribution is -2.21. The summed E-state index contributed by atoms with van der Waals surface area (Å²) in [5.74, 6) is -0.431. The largest absolute Gasteiger partial charge is 0.325 e. The van der Waals surface area contributed by atoms with Crippen LogP contribution in [-0.2, 0) is 4.79 Å². The summed E-state index contributed by atoms with van der Waals surface area (Å²) in [5.41, 5.74) is 1.95. The van der Waals surface area contributed by atoms with E-state index in [0.717, 1.165) is 9.35 Å². The Labute approximate surface area is 163 Å². The van der Waals surface area contributed by atoms with Gasteiger partial charge in [0.1, 0.15) is 5.01 Å². The van der Waals surface area contributed by atoms with E-state index in [1.165, 1.54) is 23.1 Å². The van der Waals surface area contributed by atoms with E-state index in [0.29, 0.717) is 27.9 Å². The van der Waals surface area contributed by atoms with Crippen LogP contribution in [0.4, 0.5) is 5.69 Å². The number of carbonyl (C=O) groups excluding carboxylic acids is 3. The molecule has 27 heavy (non-hydrogen) atoms. The van der Waals surface area contributed by atoms with Crippen molar-refractivity contribution in [1.29, 1.82) is 0 Å². The molecule has 1 N–H and O–H groups in total. The van der Waals surface area contributed by atoms with Gasteiger partial charge >= 0.3 is 0 Å². The number of nitrogens with zero attached hydrogens (tertiary/aromatic N) is 2. The zero-order valence-electron chi connectivity index (χ0n) is 14.2. The molecule has 8 heteroatoms. The van der Waals surface area contributed by atoms with Crippen molar-refractivity contribution in [2.75, 3.05) is 11.1 Å². The van der Waals surface area contributed by atoms with Crippen molar-refractivity contribution in [1.82, 2.24) is 10.2 Å². The Kier molecular flexibility index (Phi) is 4.59. The standard InChI is InChI=1S/C19H13N3O3S2/c1-10-21-22-19(27-10)26-9-16(23)20-11-6-7-14-15(8-11)18(25)13-5-3-2-4-12(13)17(14)24/h2-8H,9H2,1H3,(H,20,23). The summed E-state index contributed by atoms with van der Waals surface area (Å²) in [6.07, 6.45) is 0. The van der Waals surface area contributed by atoms with Gasteiger partial charge < -0.3 is 5.32 Å². The number of fused-ring (bicyclic) bond motifs is 2. The molecule has 2 aromatic carbocycles. The van der Waals surface area contributed by atoms with Crippen molar-refractivity contribution in [3.63, 3.8) is 0 Å². The number of thioether (sulfide) groups is 1. The van der Waals surface area contributed by atoms with Gasteiger partial charge in [0.05, 0.1) is 5.75 Å². The van der Waals surface area contributed by atoms with Crippen LogP contribution >= 0.6 is 23.1 Å². The predicted molar refractivity (Wildman–Crippen MR) is 104 cm³/mol. The number of benzene rings is 2. The molecule has 1 aliphatic carbocycles. The van der Waals surface area contributed by atoms with Crippen molar-refractivity contribution < 1.29 is 14.4 Å². The number of nitrogens with one attached hydrogen (secondary N) is 1. The number of hydrogen-bond acceptors (Lipinski definition) is 7. The predicted octanol–water partition coefficient (Wildman–Crippen LogP) is 3.35. The van der Waals surface area contributed by atoms with Crippen LogP contribution in [0.15, 0.2) is 46.8 Å². The molecule has 6 nitrogen and oxygen atoms in total. The Bertz CT molecular complexity index is 1090. The Morgan fingerprint density at radius 3 is 2.33 bits per heavy atom. The molecule has 134 valence electrons. The number of hydrogen-bond donors (Lipinski definition) is 1. The molecule has 0 saturated heterocycles. The summed E-state index contributed by atoms with van der Waals surface area (Å²) in [4.78, 5) is 37.5. The van der Waals surface area contributed by atoms with Gasteiger partial charge in [0.25, 0.3) is 0 Å². The van der Waals surface area contributed by atoms with Gasteiger partial charge in [0.2, 0.25) is 5.91 Å². The molecule has 0 saturated carbocycles. The minimum atomic E-state index is -0.220. The second kappa shape index (κ2) is 7.05. The number of amides is 1. The number of aryl methyl sites for hydroxylation is 1. The van der Waals surface area contributed by atoms with E-state index in [2.05, 4.69) is 15.5 Å². The van der Waals surface area contributed by atoms with Crippen LogP contribution in [0.2, 0.25) is 0 Å². The zero-order chi connectivity index (χ0) is 19.0. The normalized spacial score (nSPS) is 12.5. The summed E-state index contributed by atoms with van der Waals surface area (Å²) < 4.78 is 0.727. The summed E-state index contributed by atoms with van der Waals surface area (Å²) >= 11 is 2.73. The Morgan fingerprint density at radius 2 is 1.67 bits per heavy atom. The lowest BCUT2D eigenvalue weighted by molar-refractivity contribution is -0.113. The van der Waals surface area contributed by atoms with Gasteiger partial charge in [-0.25, -0.2) is 0 Å². The molecule has 0 unspecified atom stereocenters. The molecule has 3 aromatic rings. The summed E-state index contributed by atoms with van der Waals surface area (Å²) in [6, 6.07) is 11.5. The van der Waals surface area contributed by atoms with Crippen LogP contribution in [-0.4, -0.2) is 33.4 Å². The first-order chi connectivity index (χ1) is 13.0. The van der Waals surface area contributed by atoms with Crippen LogP contribution in [0.1, 0.15) is 36.9 Å². The topological polar surface area (TPSA) is 89.0 Å². The van der Waals surface area contributed by atoms with Gasteiger partial charge in [-0.05, 0) is 25.1 Å². The fourth-order valence-electron chi connectivity index (χ4n) is 2.84. The average molecular weight is 395 g/mol. The number of anilines is 1. The van der Waals surface area contributed by atoms with E-state index in [9.17, 15) is 14.4 Å².